The summed E-state index contributed by atoms with van der Waals surface area (Å²) in [5, 5.41) is 13.9. The van der Waals surface area contributed by atoms with Crippen molar-refractivity contribution in [3.63, 3.8) is 0 Å². The smallest absolute Gasteiger partial charge is 0.387 e. The molecule has 0 aliphatic rings. The van der Waals surface area contributed by atoms with Gasteiger partial charge in [0.2, 0.25) is 5.91 Å². The summed E-state index contributed by atoms with van der Waals surface area (Å²) in [6, 6.07) is -0.863. The lowest BCUT2D eigenvalue weighted by atomic mass is 10.0. The molecule has 0 spiro atoms. The Balaban J connectivity index is 4.16. The van der Waals surface area contributed by atoms with Gasteiger partial charge in [0.25, 0.3) is 0 Å². The molecule has 0 rings (SSSR count). The van der Waals surface area contributed by atoms with Crippen molar-refractivity contribution in [3.05, 3.63) is 60.8 Å². The molecule has 0 aromatic carbocycles. The Morgan fingerprint density at radius 1 is 0.507 bits per heavy atom. The maximum absolute atomic E-state index is 12.9. The summed E-state index contributed by atoms with van der Waals surface area (Å²) >= 11 is 0. The van der Waals surface area contributed by atoms with Gasteiger partial charge in [-0.05, 0) is 57.8 Å². The first-order valence-corrected chi connectivity index (χ1v) is 30.7. The van der Waals surface area contributed by atoms with E-state index in [1.165, 1.54) is 167 Å². The number of carbonyl (C=O) groups is 1. The number of phosphoric ester groups is 1. The average molecular weight is 991 g/mol. The minimum Gasteiger partial charge on any atom is -0.387 e. The molecule has 3 N–H and O–H groups in total. The van der Waals surface area contributed by atoms with Crippen molar-refractivity contribution in [2.45, 2.75) is 276 Å². The molecule has 0 fully saturated rings. The summed E-state index contributed by atoms with van der Waals surface area (Å²) in [6.45, 7) is 4.70. The number of hydrogen-bond donors (Lipinski definition) is 3. The van der Waals surface area contributed by atoms with E-state index < -0.39 is 20.0 Å². The summed E-state index contributed by atoms with van der Waals surface area (Å²) in [7, 11) is 1.55. The van der Waals surface area contributed by atoms with Gasteiger partial charge < -0.3 is 19.8 Å². The molecule has 3 unspecified atom stereocenters. The van der Waals surface area contributed by atoms with Crippen LogP contribution in [0.4, 0.5) is 0 Å². The standard InChI is InChI=1S/C60H113N2O6P/c1-6-8-10-12-14-16-18-20-22-24-25-26-27-28-29-30-31-32-33-34-35-36-38-39-41-43-45-47-49-51-53-59(63)58(57-68-69(65,66)67-56-55-62(3,4)5)61-60(64)54-52-50-48-46-44-42-40-37-23-21-19-17-15-13-11-9-7-2/h9,11,15,17,21,23,40,42,51,53,58-59,63H,6-8,10,12-14,16,18-20,22,24-39,41,43-50,52,54-57H2,1-5H3,(H-,61,64,65,66)/p+1/b11-9-,17-15-,23-21-,42-40-,53-51+. The zero-order valence-corrected chi connectivity index (χ0v) is 46.9. The van der Waals surface area contributed by atoms with E-state index in [1.807, 2.05) is 27.2 Å². The fourth-order valence-corrected chi connectivity index (χ4v) is 9.18. The highest BCUT2D eigenvalue weighted by atomic mass is 31.2. The number of carbonyl (C=O) groups excluding carboxylic acids is 1. The molecule has 0 aromatic rings. The van der Waals surface area contributed by atoms with Crippen molar-refractivity contribution in [1.82, 2.24) is 5.32 Å². The number of nitrogens with zero attached hydrogens (tertiary/aromatic N) is 1. The second-order valence-corrected chi connectivity index (χ2v) is 22.4. The molecule has 404 valence electrons. The van der Waals surface area contributed by atoms with Crippen molar-refractivity contribution >= 4 is 13.7 Å². The van der Waals surface area contributed by atoms with Crippen molar-refractivity contribution < 1.29 is 32.9 Å². The highest BCUT2D eigenvalue weighted by molar-refractivity contribution is 7.47. The first kappa shape index (κ1) is 67.2. The Bertz CT molecular complexity index is 1310. The molecule has 0 heterocycles. The highest BCUT2D eigenvalue weighted by Crippen LogP contribution is 2.43. The third kappa shape index (κ3) is 53.8. The van der Waals surface area contributed by atoms with Crippen LogP contribution in [0, 0.1) is 0 Å². The van der Waals surface area contributed by atoms with Gasteiger partial charge in [0.15, 0.2) is 0 Å². The second-order valence-electron chi connectivity index (χ2n) is 21.0. The van der Waals surface area contributed by atoms with Crippen LogP contribution in [0.25, 0.3) is 0 Å². The molecule has 9 heteroatoms. The van der Waals surface area contributed by atoms with Crippen LogP contribution in [-0.2, 0) is 18.4 Å². The zero-order valence-electron chi connectivity index (χ0n) is 46.0. The largest absolute Gasteiger partial charge is 0.472 e. The topological polar surface area (TPSA) is 105 Å². The number of allylic oxidation sites excluding steroid dienone is 9. The molecule has 0 aliphatic heterocycles. The predicted octanol–water partition coefficient (Wildman–Crippen LogP) is 17.7. The maximum atomic E-state index is 12.9. The van der Waals surface area contributed by atoms with Gasteiger partial charge in [0, 0.05) is 6.42 Å². The van der Waals surface area contributed by atoms with Crippen LogP contribution in [-0.4, -0.2) is 73.4 Å². The predicted molar refractivity (Wildman–Crippen MR) is 300 cm³/mol. The number of rotatable bonds is 53. The molecule has 0 aliphatic carbocycles. The summed E-state index contributed by atoms with van der Waals surface area (Å²) < 4.78 is 23.7. The number of likely N-dealkylation sites (N-methyl/N-ethyl adjacent to an activating group) is 1. The summed E-state index contributed by atoms with van der Waals surface area (Å²) in [6.07, 6.45) is 69.1. The monoisotopic (exact) mass is 990 g/mol. The lowest BCUT2D eigenvalue weighted by molar-refractivity contribution is -0.870. The Hall–Kier alpha value is -1.80. The second kappa shape index (κ2) is 51.1. The molecule has 0 bridgehead atoms. The number of phosphoric acid groups is 1. The van der Waals surface area contributed by atoms with Gasteiger partial charge in [-0.3, -0.25) is 13.8 Å². The molecule has 69 heavy (non-hydrogen) atoms. The summed E-state index contributed by atoms with van der Waals surface area (Å²) in [5.41, 5.74) is 0. The number of amides is 1. The van der Waals surface area contributed by atoms with E-state index in [-0.39, 0.29) is 19.1 Å². The van der Waals surface area contributed by atoms with E-state index in [0.29, 0.717) is 17.4 Å². The average Bonchev–Trinajstić information content (AvgIpc) is 3.31. The van der Waals surface area contributed by atoms with Crippen LogP contribution in [0.5, 0.6) is 0 Å². The molecule has 3 atom stereocenters. The van der Waals surface area contributed by atoms with Crippen molar-refractivity contribution in [1.29, 1.82) is 0 Å². The minimum atomic E-state index is -4.36. The van der Waals surface area contributed by atoms with E-state index in [0.717, 1.165) is 77.0 Å². The number of aliphatic hydroxyl groups is 1. The van der Waals surface area contributed by atoms with E-state index >= 15 is 0 Å². The lowest BCUT2D eigenvalue weighted by Gasteiger charge is -2.25. The van der Waals surface area contributed by atoms with Crippen LogP contribution >= 0.6 is 7.82 Å². The van der Waals surface area contributed by atoms with Crippen molar-refractivity contribution in [2.75, 3.05) is 40.9 Å². The first-order valence-electron chi connectivity index (χ1n) is 29.2. The van der Waals surface area contributed by atoms with E-state index in [2.05, 4.69) is 67.8 Å². The van der Waals surface area contributed by atoms with Gasteiger partial charge in [-0.15, -0.1) is 0 Å². The molecule has 1 amide bonds. The Morgan fingerprint density at radius 2 is 0.870 bits per heavy atom. The molecule has 0 radical (unpaired) electrons. The quantitative estimate of drug-likeness (QED) is 0.0243. The van der Waals surface area contributed by atoms with Crippen LogP contribution in [0.2, 0.25) is 0 Å². The van der Waals surface area contributed by atoms with Crippen LogP contribution in [0.15, 0.2) is 60.8 Å². The maximum Gasteiger partial charge on any atom is 0.472 e. The summed E-state index contributed by atoms with van der Waals surface area (Å²) in [5.74, 6) is -0.200. The van der Waals surface area contributed by atoms with Gasteiger partial charge in [0.05, 0.1) is 39.9 Å². The molecule has 0 aromatic heterocycles. The normalized spacial score (nSPS) is 14.4. The molecular weight excluding hydrogens is 876 g/mol. The van der Waals surface area contributed by atoms with Gasteiger partial charge in [-0.25, -0.2) is 4.57 Å². The fraction of sp³-hybridized carbons (Fsp3) is 0.817. The fourth-order valence-electron chi connectivity index (χ4n) is 8.45. The zero-order chi connectivity index (χ0) is 50.6. The number of quaternary nitrogens is 1. The minimum absolute atomic E-state index is 0.0543. The number of nitrogens with one attached hydrogen (secondary N) is 1. The molecule has 8 nitrogen and oxygen atoms in total. The lowest BCUT2D eigenvalue weighted by Crippen LogP contribution is -2.45. The molecular formula is C60H114N2O6P+. The van der Waals surface area contributed by atoms with Crippen LogP contribution in [0.3, 0.4) is 0 Å². The van der Waals surface area contributed by atoms with E-state index in [4.69, 9.17) is 9.05 Å². The first-order chi connectivity index (χ1) is 33.5. The van der Waals surface area contributed by atoms with Gasteiger partial charge in [0.1, 0.15) is 13.2 Å². The Labute approximate surface area is 428 Å². The van der Waals surface area contributed by atoms with Crippen LogP contribution in [0.1, 0.15) is 264 Å². The van der Waals surface area contributed by atoms with E-state index in [9.17, 15) is 19.4 Å². The number of hydrogen-bond acceptors (Lipinski definition) is 5. The van der Waals surface area contributed by atoms with Gasteiger partial charge >= 0.3 is 7.82 Å². The number of aliphatic hydroxyl groups excluding tert-OH is 1. The van der Waals surface area contributed by atoms with Gasteiger partial charge in [-0.2, -0.15) is 0 Å². The SMILES string of the molecule is CC/C=C\C/C=C\C/C=C\C/C=C\CCCCCCC(=O)NC(COP(=O)(O)OCC[N+](C)(C)C)C(O)/C=C/CCCCCCCCCCCCCCCCCCCCCCCCCCCCCC. The third-order valence-corrected chi connectivity index (χ3v) is 14.0. The van der Waals surface area contributed by atoms with Crippen molar-refractivity contribution in [3.8, 4) is 0 Å². The number of unbranched alkanes of at least 4 members (excludes halogenated alkanes) is 32. The Morgan fingerprint density at radius 3 is 1.28 bits per heavy atom. The summed E-state index contributed by atoms with van der Waals surface area (Å²) in [4.78, 5) is 23.3. The molecule has 0 saturated carbocycles. The van der Waals surface area contributed by atoms with E-state index in [1.54, 1.807) is 6.08 Å². The van der Waals surface area contributed by atoms with Gasteiger partial charge in [-0.1, -0.05) is 261 Å². The Kier molecular flexibility index (Phi) is 49.8. The highest BCUT2D eigenvalue weighted by Gasteiger charge is 2.27. The van der Waals surface area contributed by atoms with Crippen LogP contribution < -0.4 is 5.32 Å². The van der Waals surface area contributed by atoms with Crippen molar-refractivity contribution in [2.24, 2.45) is 0 Å². The third-order valence-electron chi connectivity index (χ3n) is 13.0. The molecule has 0 saturated heterocycles.